The van der Waals surface area contributed by atoms with Crippen molar-refractivity contribution in [3.8, 4) is 5.75 Å². The van der Waals surface area contributed by atoms with Crippen molar-refractivity contribution in [2.45, 2.75) is 25.7 Å². The summed E-state index contributed by atoms with van der Waals surface area (Å²) in [6, 6.07) is 12.0. The number of hydrogen-bond donors (Lipinski definition) is 0. The first-order valence-electron chi connectivity index (χ1n) is 5.97. The molecule has 0 bridgehead atoms. The lowest BCUT2D eigenvalue weighted by Crippen LogP contribution is -2.10. The summed E-state index contributed by atoms with van der Waals surface area (Å²) in [4.78, 5) is 0.166. The minimum absolute atomic E-state index is 0. The molecule has 108 valence electrons. The SMILES string of the molecule is Cc1ccc(S(=O)(=O)Oc2cccc(C)c2C)cc1.S. The second-order valence-corrected chi connectivity index (χ2v) is 6.09. The zero-order valence-electron chi connectivity index (χ0n) is 11.7. The Balaban J connectivity index is 0.00000200. The summed E-state index contributed by atoms with van der Waals surface area (Å²) in [6.07, 6.45) is 0. The molecule has 0 atom stereocenters. The Labute approximate surface area is 127 Å². The van der Waals surface area contributed by atoms with E-state index in [0.717, 1.165) is 16.7 Å². The van der Waals surface area contributed by atoms with Crippen LogP contribution < -0.4 is 4.18 Å². The van der Waals surface area contributed by atoms with Crippen molar-refractivity contribution < 1.29 is 12.6 Å². The van der Waals surface area contributed by atoms with Crippen LogP contribution in [0.5, 0.6) is 5.75 Å². The Morgan fingerprint density at radius 2 is 1.50 bits per heavy atom. The molecule has 0 radical (unpaired) electrons. The Morgan fingerprint density at radius 3 is 2.10 bits per heavy atom. The van der Waals surface area contributed by atoms with Crippen molar-refractivity contribution in [2.24, 2.45) is 0 Å². The lowest BCUT2D eigenvalue weighted by Gasteiger charge is -2.11. The van der Waals surface area contributed by atoms with Gasteiger partial charge in [0.15, 0.2) is 0 Å². The topological polar surface area (TPSA) is 43.4 Å². The lowest BCUT2D eigenvalue weighted by atomic mass is 10.1. The second-order valence-electron chi connectivity index (χ2n) is 4.55. The van der Waals surface area contributed by atoms with Gasteiger partial charge >= 0.3 is 10.1 Å². The fraction of sp³-hybridized carbons (Fsp3) is 0.200. The smallest absolute Gasteiger partial charge is 0.339 e. The summed E-state index contributed by atoms with van der Waals surface area (Å²) in [5.74, 6) is 0.376. The zero-order valence-corrected chi connectivity index (χ0v) is 13.5. The number of aryl methyl sites for hydroxylation is 2. The van der Waals surface area contributed by atoms with E-state index >= 15 is 0 Å². The highest BCUT2D eigenvalue weighted by molar-refractivity contribution is 7.87. The predicted molar refractivity (Wildman–Crippen MR) is 85.3 cm³/mol. The quantitative estimate of drug-likeness (QED) is 0.815. The summed E-state index contributed by atoms with van der Waals surface area (Å²) in [5, 5.41) is 0. The standard InChI is InChI=1S/C15H16O3S.H2S/c1-11-7-9-14(10-8-11)19(16,17)18-15-6-4-5-12(2)13(15)3;/h4-10H,1-3H3;1H2. The van der Waals surface area contributed by atoms with E-state index in [4.69, 9.17) is 4.18 Å². The summed E-state index contributed by atoms with van der Waals surface area (Å²) in [6.45, 7) is 5.66. The van der Waals surface area contributed by atoms with E-state index < -0.39 is 10.1 Å². The maximum atomic E-state index is 12.2. The van der Waals surface area contributed by atoms with Crippen molar-refractivity contribution in [3.05, 3.63) is 59.2 Å². The summed E-state index contributed by atoms with van der Waals surface area (Å²) >= 11 is 0. The van der Waals surface area contributed by atoms with E-state index in [-0.39, 0.29) is 18.4 Å². The normalized spacial score (nSPS) is 10.8. The maximum Gasteiger partial charge on any atom is 0.339 e. The molecule has 3 nitrogen and oxygen atoms in total. The molecule has 0 N–H and O–H groups in total. The van der Waals surface area contributed by atoms with Gasteiger partial charge < -0.3 is 4.18 Å². The van der Waals surface area contributed by atoms with Gasteiger partial charge in [0.1, 0.15) is 10.6 Å². The maximum absolute atomic E-state index is 12.2. The van der Waals surface area contributed by atoms with E-state index in [9.17, 15) is 8.42 Å². The van der Waals surface area contributed by atoms with Crippen LogP contribution >= 0.6 is 13.5 Å². The average Bonchev–Trinajstić information content (AvgIpc) is 2.35. The highest BCUT2D eigenvalue weighted by Gasteiger charge is 2.17. The molecule has 0 saturated heterocycles. The largest absolute Gasteiger partial charge is 0.379 e. The van der Waals surface area contributed by atoms with Gasteiger partial charge in [-0.1, -0.05) is 29.8 Å². The Kier molecular flexibility index (Phi) is 5.25. The van der Waals surface area contributed by atoms with Crippen molar-refractivity contribution in [1.82, 2.24) is 0 Å². The minimum Gasteiger partial charge on any atom is -0.379 e. The third-order valence-electron chi connectivity index (χ3n) is 3.06. The van der Waals surface area contributed by atoms with Gasteiger partial charge in [0, 0.05) is 0 Å². The van der Waals surface area contributed by atoms with Crippen molar-refractivity contribution >= 4 is 23.6 Å². The van der Waals surface area contributed by atoms with Crippen LogP contribution in [0.4, 0.5) is 0 Å². The van der Waals surface area contributed by atoms with E-state index in [1.165, 1.54) is 0 Å². The highest BCUT2D eigenvalue weighted by Crippen LogP contribution is 2.24. The molecule has 0 aliphatic rings. The van der Waals surface area contributed by atoms with Crippen LogP contribution in [-0.2, 0) is 10.1 Å². The number of hydrogen-bond acceptors (Lipinski definition) is 3. The molecule has 0 aromatic heterocycles. The summed E-state index contributed by atoms with van der Waals surface area (Å²) in [7, 11) is -3.77. The molecule has 5 heteroatoms. The van der Waals surface area contributed by atoms with E-state index in [0.29, 0.717) is 5.75 Å². The molecular weight excluding hydrogens is 292 g/mol. The first kappa shape index (κ1) is 16.6. The summed E-state index contributed by atoms with van der Waals surface area (Å²) in [5.41, 5.74) is 2.83. The monoisotopic (exact) mass is 310 g/mol. The molecule has 2 aromatic rings. The molecule has 0 spiro atoms. The Hall–Kier alpha value is -1.46. The molecule has 0 aliphatic heterocycles. The molecule has 20 heavy (non-hydrogen) atoms. The fourth-order valence-electron chi connectivity index (χ4n) is 1.69. The lowest BCUT2D eigenvalue weighted by molar-refractivity contribution is 0.484. The van der Waals surface area contributed by atoms with Gasteiger partial charge in [-0.25, -0.2) is 0 Å². The number of rotatable bonds is 3. The molecule has 0 saturated carbocycles. The van der Waals surface area contributed by atoms with Crippen LogP contribution in [0.15, 0.2) is 47.4 Å². The fourth-order valence-corrected chi connectivity index (χ4v) is 2.67. The molecule has 2 rings (SSSR count). The van der Waals surface area contributed by atoms with E-state index in [1.54, 1.807) is 36.4 Å². The van der Waals surface area contributed by atoms with Crippen LogP contribution in [0.3, 0.4) is 0 Å². The van der Waals surface area contributed by atoms with Gasteiger partial charge in [0.05, 0.1) is 0 Å². The van der Waals surface area contributed by atoms with Gasteiger partial charge in [-0.15, -0.1) is 0 Å². The molecule has 0 unspecified atom stereocenters. The van der Waals surface area contributed by atoms with Crippen LogP contribution in [-0.4, -0.2) is 8.42 Å². The predicted octanol–water partition coefficient (Wildman–Crippen LogP) is 3.49. The van der Waals surface area contributed by atoms with Gasteiger partial charge in [-0.3, -0.25) is 0 Å². The third kappa shape index (κ3) is 3.55. The minimum atomic E-state index is -3.77. The van der Waals surface area contributed by atoms with Crippen LogP contribution in [0, 0.1) is 20.8 Å². The van der Waals surface area contributed by atoms with Crippen LogP contribution in [0.25, 0.3) is 0 Å². The van der Waals surface area contributed by atoms with E-state index in [1.807, 2.05) is 26.8 Å². The summed E-state index contributed by atoms with van der Waals surface area (Å²) < 4.78 is 29.5. The van der Waals surface area contributed by atoms with Crippen LogP contribution in [0.1, 0.15) is 16.7 Å². The van der Waals surface area contributed by atoms with E-state index in [2.05, 4.69) is 0 Å². The first-order valence-corrected chi connectivity index (χ1v) is 7.38. The Morgan fingerprint density at radius 1 is 0.900 bits per heavy atom. The molecule has 0 heterocycles. The van der Waals surface area contributed by atoms with Crippen molar-refractivity contribution in [1.29, 1.82) is 0 Å². The zero-order chi connectivity index (χ0) is 14.0. The number of benzene rings is 2. The van der Waals surface area contributed by atoms with Crippen molar-refractivity contribution in [3.63, 3.8) is 0 Å². The first-order chi connectivity index (χ1) is 8.90. The second kappa shape index (κ2) is 6.33. The van der Waals surface area contributed by atoms with Gasteiger partial charge in [0.25, 0.3) is 0 Å². The molecule has 2 aromatic carbocycles. The molecule has 0 aliphatic carbocycles. The molecule has 0 amide bonds. The van der Waals surface area contributed by atoms with Crippen molar-refractivity contribution in [2.75, 3.05) is 0 Å². The van der Waals surface area contributed by atoms with Gasteiger partial charge in [-0.05, 0) is 50.1 Å². The molecular formula is C15H18O3S2. The van der Waals surface area contributed by atoms with Gasteiger partial charge in [0.2, 0.25) is 0 Å². The van der Waals surface area contributed by atoms with Gasteiger partial charge in [-0.2, -0.15) is 21.9 Å². The Bertz CT molecular complexity index is 690. The average molecular weight is 310 g/mol. The third-order valence-corrected chi connectivity index (χ3v) is 4.31. The van der Waals surface area contributed by atoms with Crippen LogP contribution in [0.2, 0.25) is 0 Å². The molecule has 0 fully saturated rings. The highest BCUT2D eigenvalue weighted by atomic mass is 32.2.